The number of aromatic carboxylic acids is 1. The summed E-state index contributed by atoms with van der Waals surface area (Å²) in [5.41, 5.74) is 1.84. The largest absolute Gasteiger partial charge is 0.493 e. The minimum atomic E-state index is -1.13. The van der Waals surface area contributed by atoms with Crippen molar-refractivity contribution in [1.29, 1.82) is 0 Å². The average molecular weight is 456 g/mol. The van der Waals surface area contributed by atoms with Gasteiger partial charge in [0.2, 0.25) is 5.91 Å². The van der Waals surface area contributed by atoms with Crippen LogP contribution in [0.2, 0.25) is 0 Å². The number of rotatable bonds is 11. The normalized spacial score (nSPS) is 11.8. The molecule has 1 aromatic carbocycles. The monoisotopic (exact) mass is 455 g/mol. The van der Waals surface area contributed by atoms with Crippen molar-refractivity contribution in [2.24, 2.45) is 0 Å². The molecule has 0 bridgehead atoms. The molecule has 0 aliphatic rings. The second kappa shape index (κ2) is 10.7. The van der Waals surface area contributed by atoms with Crippen LogP contribution in [-0.2, 0) is 24.3 Å². The topological polar surface area (TPSA) is 112 Å². The highest BCUT2D eigenvalue weighted by Gasteiger charge is 2.26. The first-order valence-electron chi connectivity index (χ1n) is 10.7. The van der Waals surface area contributed by atoms with Crippen molar-refractivity contribution in [2.45, 2.75) is 39.4 Å². The van der Waals surface area contributed by atoms with Gasteiger partial charge >= 0.3 is 5.97 Å². The predicted molar refractivity (Wildman–Crippen MR) is 120 cm³/mol. The van der Waals surface area contributed by atoms with E-state index in [2.05, 4.69) is 10.2 Å². The third kappa shape index (κ3) is 5.33. The van der Waals surface area contributed by atoms with E-state index in [1.165, 1.54) is 16.9 Å². The lowest BCUT2D eigenvalue weighted by Crippen LogP contribution is -2.38. The van der Waals surface area contributed by atoms with Crippen molar-refractivity contribution in [2.75, 3.05) is 20.8 Å². The summed E-state index contributed by atoms with van der Waals surface area (Å²) in [4.78, 5) is 26.7. The maximum absolute atomic E-state index is 13.5. The smallest absolute Gasteiger partial charge is 0.354 e. The predicted octanol–water partition coefficient (Wildman–Crippen LogP) is 2.65. The summed E-state index contributed by atoms with van der Waals surface area (Å²) in [6, 6.07) is 8.12. The number of methoxy groups -OCH3 is 2. The summed E-state index contributed by atoms with van der Waals surface area (Å²) in [6.07, 6.45) is 3.66. The van der Waals surface area contributed by atoms with Crippen LogP contribution in [0.25, 0.3) is 0 Å². The van der Waals surface area contributed by atoms with Gasteiger partial charge in [-0.05, 0) is 50.1 Å². The van der Waals surface area contributed by atoms with Gasteiger partial charge in [0.25, 0.3) is 0 Å². The summed E-state index contributed by atoms with van der Waals surface area (Å²) in [5, 5.41) is 17.8. The van der Waals surface area contributed by atoms with Crippen molar-refractivity contribution in [3.63, 3.8) is 0 Å². The fraction of sp³-hybridized carbons (Fsp3) is 0.391. The molecule has 33 heavy (non-hydrogen) atoms. The Labute approximate surface area is 192 Å². The molecule has 10 heteroatoms. The number of nitrogens with zero attached hydrogens (tertiary/aromatic N) is 5. The van der Waals surface area contributed by atoms with E-state index in [4.69, 9.17) is 9.47 Å². The molecular formula is C23H29N5O5. The van der Waals surface area contributed by atoms with Crippen LogP contribution >= 0.6 is 0 Å². The van der Waals surface area contributed by atoms with Crippen molar-refractivity contribution in [1.82, 2.24) is 24.5 Å². The van der Waals surface area contributed by atoms with Gasteiger partial charge in [-0.3, -0.25) is 9.48 Å². The van der Waals surface area contributed by atoms with Crippen molar-refractivity contribution < 1.29 is 24.2 Å². The Bertz CT molecular complexity index is 1110. The number of hydrogen-bond acceptors (Lipinski definition) is 6. The maximum Gasteiger partial charge on any atom is 0.354 e. The molecule has 3 aromatic rings. The summed E-state index contributed by atoms with van der Waals surface area (Å²) in [6.45, 7) is 5.07. The van der Waals surface area contributed by atoms with E-state index in [9.17, 15) is 14.7 Å². The third-order valence-corrected chi connectivity index (χ3v) is 5.50. The number of aryl methyl sites for hydroxylation is 1. The molecule has 176 valence electrons. The summed E-state index contributed by atoms with van der Waals surface area (Å²) in [7, 11) is 3.16. The summed E-state index contributed by atoms with van der Waals surface area (Å²) in [5.74, 6) is -0.110. The minimum absolute atomic E-state index is 0.0331. The highest BCUT2D eigenvalue weighted by atomic mass is 16.5. The number of carboxylic acids is 1. The quantitative estimate of drug-likeness (QED) is 0.473. The van der Waals surface area contributed by atoms with E-state index in [0.717, 1.165) is 11.3 Å². The van der Waals surface area contributed by atoms with E-state index >= 15 is 0 Å². The van der Waals surface area contributed by atoms with Crippen molar-refractivity contribution in [3.8, 4) is 11.5 Å². The SMILES string of the molecule is CCn1nccc1CN(CCc1ccc(OC)c(OC)c1)C(=O)C(C)n1nccc1C(=O)O. The lowest BCUT2D eigenvalue weighted by atomic mass is 10.1. The second-order valence-corrected chi connectivity index (χ2v) is 7.48. The highest BCUT2D eigenvalue weighted by Crippen LogP contribution is 2.28. The molecule has 0 fully saturated rings. The van der Waals surface area contributed by atoms with Crippen LogP contribution in [-0.4, -0.2) is 62.2 Å². The molecule has 0 radical (unpaired) electrons. The molecule has 0 aliphatic heterocycles. The van der Waals surface area contributed by atoms with Crippen LogP contribution < -0.4 is 9.47 Å². The van der Waals surface area contributed by atoms with Crippen LogP contribution in [0, 0.1) is 0 Å². The number of benzene rings is 1. The van der Waals surface area contributed by atoms with Crippen LogP contribution in [0.4, 0.5) is 0 Å². The van der Waals surface area contributed by atoms with E-state index in [-0.39, 0.29) is 11.6 Å². The van der Waals surface area contributed by atoms with Crippen LogP contribution in [0.5, 0.6) is 11.5 Å². The Morgan fingerprint density at radius 1 is 1.09 bits per heavy atom. The van der Waals surface area contributed by atoms with Gasteiger partial charge in [0.05, 0.1) is 26.5 Å². The molecule has 1 N–H and O–H groups in total. The first-order valence-corrected chi connectivity index (χ1v) is 10.7. The van der Waals surface area contributed by atoms with Crippen molar-refractivity contribution in [3.05, 3.63) is 59.7 Å². The van der Waals surface area contributed by atoms with Crippen molar-refractivity contribution >= 4 is 11.9 Å². The molecule has 0 saturated carbocycles. The van der Waals surface area contributed by atoms with Crippen LogP contribution in [0.15, 0.2) is 42.7 Å². The Balaban J connectivity index is 1.85. The first kappa shape index (κ1) is 23.8. The van der Waals surface area contributed by atoms with E-state index in [1.54, 1.807) is 32.2 Å². The fourth-order valence-electron chi connectivity index (χ4n) is 3.70. The van der Waals surface area contributed by atoms with Gasteiger partial charge in [0, 0.05) is 25.5 Å². The fourth-order valence-corrected chi connectivity index (χ4v) is 3.70. The van der Waals surface area contributed by atoms with E-state index in [0.29, 0.717) is 37.6 Å². The maximum atomic E-state index is 13.5. The van der Waals surface area contributed by atoms with Gasteiger partial charge < -0.3 is 19.5 Å². The third-order valence-electron chi connectivity index (χ3n) is 5.50. The Hall–Kier alpha value is -3.82. The Morgan fingerprint density at radius 3 is 2.48 bits per heavy atom. The molecular weight excluding hydrogens is 426 g/mol. The van der Waals surface area contributed by atoms with Crippen LogP contribution in [0.3, 0.4) is 0 Å². The number of hydrogen-bond donors (Lipinski definition) is 1. The molecule has 0 spiro atoms. The zero-order valence-electron chi connectivity index (χ0n) is 19.3. The number of amides is 1. The molecule has 2 heterocycles. The number of carboxylic acid groups (broad SMARTS) is 1. The second-order valence-electron chi connectivity index (χ2n) is 7.48. The number of carbonyl (C=O) groups is 2. The van der Waals surface area contributed by atoms with Gasteiger partial charge in [-0.15, -0.1) is 0 Å². The Kier molecular flexibility index (Phi) is 7.70. The number of ether oxygens (including phenoxy) is 2. The molecule has 10 nitrogen and oxygen atoms in total. The lowest BCUT2D eigenvalue weighted by molar-refractivity contribution is -0.135. The van der Waals surface area contributed by atoms with Gasteiger partial charge in [0.15, 0.2) is 11.5 Å². The Morgan fingerprint density at radius 2 is 1.82 bits per heavy atom. The van der Waals surface area contributed by atoms with Gasteiger partial charge in [-0.25, -0.2) is 9.48 Å². The van der Waals surface area contributed by atoms with Gasteiger partial charge in [-0.2, -0.15) is 10.2 Å². The highest BCUT2D eigenvalue weighted by molar-refractivity contribution is 5.87. The molecule has 1 amide bonds. The molecule has 2 aromatic heterocycles. The first-order chi connectivity index (χ1) is 15.9. The van der Waals surface area contributed by atoms with Gasteiger partial charge in [0.1, 0.15) is 11.7 Å². The van der Waals surface area contributed by atoms with E-state index < -0.39 is 12.0 Å². The van der Waals surface area contributed by atoms with Gasteiger partial charge in [-0.1, -0.05) is 6.07 Å². The summed E-state index contributed by atoms with van der Waals surface area (Å²) >= 11 is 0. The number of aromatic nitrogens is 4. The minimum Gasteiger partial charge on any atom is -0.493 e. The molecule has 1 unspecified atom stereocenters. The summed E-state index contributed by atoms with van der Waals surface area (Å²) < 4.78 is 13.8. The number of carbonyl (C=O) groups excluding carboxylic acids is 1. The van der Waals surface area contributed by atoms with E-state index in [1.807, 2.05) is 35.9 Å². The molecule has 0 saturated heterocycles. The lowest BCUT2D eigenvalue weighted by Gasteiger charge is -2.27. The molecule has 3 rings (SSSR count). The zero-order valence-corrected chi connectivity index (χ0v) is 19.3. The molecule has 0 aliphatic carbocycles. The molecule has 1 atom stereocenters. The van der Waals surface area contributed by atoms with Crippen LogP contribution in [0.1, 0.15) is 41.6 Å². The standard InChI is InChI=1S/C23H29N5O5/c1-5-27-18(8-11-24-27)15-26(13-10-17-6-7-20(32-3)21(14-17)33-4)22(29)16(2)28-19(23(30)31)9-12-25-28/h6-9,11-12,14,16H,5,10,13,15H2,1-4H3,(H,30,31). The average Bonchev–Trinajstić information content (AvgIpc) is 3.50. The zero-order chi connectivity index (χ0) is 24.0.